The summed E-state index contributed by atoms with van der Waals surface area (Å²) in [6.07, 6.45) is 3.17. The van der Waals surface area contributed by atoms with Crippen molar-refractivity contribution in [1.82, 2.24) is 15.5 Å². The summed E-state index contributed by atoms with van der Waals surface area (Å²) in [5.41, 5.74) is 3.13. The number of aromatic nitrogens is 2. The van der Waals surface area contributed by atoms with E-state index in [-0.39, 0.29) is 11.9 Å². The number of amides is 1. The van der Waals surface area contributed by atoms with Crippen LogP contribution in [0.3, 0.4) is 0 Å². The van der Waals surface area contributed by atoms with Crippen LogP contribution >= 0.6 is 0 Å². The Balaban J connectivity index is 1.31. The summed E-state index contributed by atoms with van der Waals surface area (Å²) in [6.45, 7) is 1.70. The minimum absolute atomic E-state index is 0.0839. The molecule has 1 amide bonds. The van der Waals surface area contributed by atoms with Crippen molar-refractivity contribution in [3.8, 4) is 22.8 Å². The van der Waals surface area contributed by atoms with Gasteiger partial charge in [0.05, 0.1) is 19.9 Å². The minimum Gasteiger partial charge on any atom is -0.497 e. The molecule has 0 aliphatic carbocycles. The molecular weight excluding hydrogens is 404 g/mol. The van der Waals surface area contributed by atoms with E-state index >= 15 is 0 Å². The molecule has 7 nitrogen and oxygen atoms in total. The first-order valence-corrected chi connectivity index (χ1v) is 11.0. The molecule has 1 aliphatic rings. The van der Waals surface area contributed by atoms with Gasteiger partial charge in [0, 0.05) is 31.6 Å². The van der Waals surface area contributed by atoms with Crippen LogP contribution in [0.2, 0.25) is 0 Å². The van der Waals surface area contributed by atoms with E-state index in [9.17, 15) is 4.79 Å². The normalized spacial score (nSPS) is 15.9. The molecule has 1 saturated heterocycles. The zero-order chi connectivity index (χ0) is 22.3. The van der Waals surface area contributed by atoms with Gasteiger partial charge in [-0.25, -0.2) is 0 Å². The summed E-state index contributed by atoms with van der Waals surface area (Å²) >= 11 is 0. The Kier molecular flexibility index (Phi) is 6.94. The first-order chi connectivity index (χ1) is 15.6. The van der Waals surface area contributed by atoms with E-state index in [2.05, 4.69) is 26.5 Å². The average Bonchev–Trinajstić information content (AvgIpc) is 3.33. The second kappa shape index (κ2) is 10.2. The molecule has 1 fully saturated rings. The van der Waals surface area contributed by atoms with Crippen molar-refractivity contribution < 1.29 is 14.3 Å². The molecule has 0 spiro atoms. The highest BCUT2D eigenvalue weighted by atomic mass is 16.5. The Bertz CT molecular complexity index is 1030. The van der Waals surface area contributed by atoms with Crippen LogP contribution in [0.1, 0.15) is 24.8 Å². The van der Waals surface area contributed by atoms with Gasteiger partial charge >= 0.3 is 0 Å². The fraction of sp³-hybridized carbons (Fsp3) is 0.360. The van der Waals surface area contributed by atoms with E-state index in [1.54, 1.807) is 14.2 Å². The molecule has 2 aromatic carbocycles. The van der Waals surface area contributed by atoms with Crippen molar-refractivity contribution in [3.05, 3.63) is 60.2 Å². The molecule has 7 heteroatoms. The number of aromatic amines is 1. The summed E-state index contributed by atoms with van der Waals surface area (Å²) in [5.74, 6) is 2.64. The van der Waals surface area contributed by atoms with Crippen molar-refractivity contribution in [3.63, 3.8) is 0 Å². The topological polar surface area (TPSA) is 79.5 Å². The van der Waals surface area contributed by atoms with E-state index in [4.69, 9.17) is 9.47 Å². The van der Waals surface area contributed by atoms with Gasteiger partial charge in [0.2, 0.25) is 5.91 Å². The number of carbonyl (C=O) groups excluding carboxylic acids is 1. The maximum Gasteiger partial charge on any atom is 0.220 e. The predicted molar refractivity (Wildman–Crippen MR) is 125 cm³/mol. The third-order valence-corrected chi connectivity index (χ3v) is 5.85. The number of nitrogens with zero attached hydrogens (tertiary/aromatic N) is 2. The van der Waals surface area contributed by atoms with Gasteiger partial charge < -0.3 is 19.7 Å². The number of hydrogen-bond donors (Lipinski definition) is 2. The van der Waals surface area contributed by atoms with Gasteiger partial charge in [0.15, 0.2) is 5.82 Å². The Morgan fingerprint density at radius 2 is 1.94 bits per heavy atom. The molecule has 168 valence electrons. The van der Waals surface area contributed by atoms with Crippen LogP contribution in [-0.2, 0) is 11.2 Å². The van der Waals surface area contributed by atoms with Crippen LogP contribution in [0, 0.1) is 0 Å². The molecule has 2 N–H and O–H groups in total. The lowest BCUT2D eigenvalue weighted by Gasteiger charge is -2.33. The number of rotatable bonds is 8. The molecule has 1 aromatic heterocycles. The Morgan fingerprint density at radius 3 is 2.72 bits per heavy atom. The predicted octanol–water partition coefficient (Wildman–Crippen LogP) is 3.81. The lowest BCUT2D eigenvalue weighted by Crippen LogP contribution is -2.48. The largest absolute Gasteiger partial charge is 0.497 e. The van der Waals surface area contributed by atoms with Gasteiger partial charge in [-0.2, -0.15) is 5.10 Å². The van der Waals surface area contributed by atoms with E-state index in [0.29, 0.717) is 12.8 Å². The number of hydrogen-bond acceptors (Lipinski definition) is 5. The molecule has 0 radical (unpaired) electrons. The summed E-state index contributed by atoms with van der Waals surface area (Å²) < 4.78 is 10.5. The van der Waals surface area contributed by atoms with Crippen LogP contribution in [0.25, 0.3) is 11.3 Å². The molecule has 32 heavy (non-hydrogen) atoms. The molecule has 2 heterocycles. The lowest BCUT2D eigenvalue weighted by molar-refractivity contribution is -0.121. The van der Waals surface area contributed by atoms with Crippen LogP contribution in [0.15, 0.2) is 54.6 Å². The Morgan fingerprint density at radius 1 is 1.12 bits per heavy atom. The number of nitrogens with one attached hydrogen (secondary N) is 2. The molecule has 1 atom stereocenters. The van der Waals surface area contributed by atoms with Crippen molar-refractivity contribution in [1.29, 1.82) is 0 Å². The van der Waals surface area contributed by atoms with Crippen molar-refractivity contribution in [2.45, 2.75) is 31.7 Å². The second-order valence-electron chi connectivity index (χ2n) is 8.07. The second-order valence-corrected chi connectivity index (χ2v) is 8.07. The minimum atomic E-state index is 0.0839. The van der Waals surface area contributed by atoms with Crippen LogP contribution in [0.5, 0.6) is 11.5 Å². The number of ether oxygens (including phenoxy) is 2. The zero-order valence-electron chi connectivity index (χ0n) is 18.6. The third-order valence-electron chi connectivity index (χ3n) is 5.85. The Labute approximate surface area is 188 Å². The molecule has 1 aliphatic heterocycles. The molecule has 3 aromatic rings. The smallest absolute Gasteiger partial charge is 0.220 e. The quantitative estimate of drug-likeness (QED) is 0.564. The molecule has 0 bridgehead atoms. The van der Waals surface area contributed by atoms with Gasteiger partial charge in [-0.15, -0.1) is 0 Å². The number of anilines is 1. The standard InChI is InChI=1S/C25H30N4O3/c1-31-21-11-9-19(10-12-21)23-16-24(28-27-23)29-14-4-6-20(17-29)26-25(30)13-8-18-5-3-7-22(15-18)32-2/h3,5,7,9-12,15-16,20H,4,6,8,13-14,17H2,1-2H3,(H,26,30)(H,27,28)/t20-/m0/s1. The summed E-state index contributed by atoms with van der Waals surface area (Å²) in [4.78, 5) is 14.8. The number of benzene rings is 2. The third kappa shape index (κ3) is 5.41. The highest BCUT2D eigenvalue weighted by Gasteiger charge is 2.23. The van der Waals surface area contributed by atoms with Gasteiger partial charge in [0.1, 0.15) is 11.5 Å². The zero-order valence-corrected chi connectivity index (χ0v) is 18.6. The first-order valence-electron chi connectivity index (χ1n) is 11.0. The van der Waals surface area contributed by atoms with Gasteiger partial charge in [-0.3, -0.25) is 9.89 Å². The fourth-order valence-electron chi connectivity index (χ4n) is 4.08. The Hall–Kier alpha value is -3.48. The fourth-order valence-corrected chi connectivity index (χ4v) is 4.08. The van der Waals surface area contributed by atoms with E-state index in [1.807, 2.05) is 48.5 Å². The highest BCUT2D eigenvalue weighted by Crippen LogP contribution is 2.25. The maximum absolute atomic E-state index is 12.5. The maximum atomic E-state index is 12.5. The highest BCUT2D eigenvalue weighted by molar-refractivity contribution is 5.76. The first kappa shape index (κ1) is 21.7. The van der Waals surface area contributed by atoms with Crippen LogP contribution in [-0.4, -0.2) is 49.5 Å². The van der Waals surface area contributed by atoms with E-state index in [0.717, 1.165) is 60.1 Å². The number of H-pyrrole nitrogens is 1. The number of methoxy groups -OCH3 is 2. The molecular formula is C25H30N4O3. The van der Waals surface area contributed by atoms with Gasteiger partial charge in [0.25, 0.3) is 0 Å². The number of piperidine rings is 1. The van der Waals surface area contributed by atoms with Gasteiger partial charge in [-0.05, 0) is 66.8 Å². The summed E-state index contributed by atoms with van der Waals surface area (Å²) in [7, 11) is 3.31. The summed E-state index contributed by atoms with van der Waals surface area (Å²) in [6, 6.07) is 18.0. The molecule has 0 saturated carbocycles. The van der Waals surface area contributed by atoms with Crippen LogP contribution < -0.4 is 19.7 Å². The number of aryl methyl sites for hydroxylation is 1. The molecule has 4 rings (SSSR count). The number of carbonyl (C=O) groups is 1. The van der Waals surface area contributed by atoms with E-state index in [1.165, 1.54) is 0 Å². The van der Waals surface area contributed by atoms with Crippen molar-refractivity contribution >= 4 is 11.7 Å². The average molecular weight is 435 g/mol. The molecule has 0 unspecified atom stereocenters. The SMILES string of the molecule is COc1ccc(-c2cc(N3CCC[C@H](NC(=O)CCc4cccc(OC)c4)C3)n[nH]2)cc1. The van der Waals surface area contributed by atoms with Gasteiger partial charge in [-0.1, -0.05) is 12.1 Å². The van der Waals surface area contributed by atoms with Crippen molar-refractivity contribution in [2.24, 2.45) is 0 Å². The lowest BCUT2D eigenvalue weighted by atomic mass is 10.0. The monoisotopic (exact) mass is 434 g/mol. The van der Waals surface area contributed by atoms with Crippen LogP contribution in [0.4, 0.5) is 5.82 Å². The van der Waals surface area contributed by atoms with Crippen molar-refractivity contribution in [2.75, 3.05) is 32.2 Å². The summed E-state index contributed by atoms with van der Waals surface area (Å²) in [5, 5.41) is 10.8. The van der Waals surface area contributed by atoms with E-state index < -0.39 is 0 Å².